The zero-order chi connectivity index (χ0) is 18.9. The van der Waals surface area contributed by atoms with Crippen LogP contribution in [0.5, 0.6) is 0 Å². The van der Waals surface area contributed by atoms with Gasteiger partial charge in [0.1, 0.15) is 16.9 Å². The van der Waals surface area contributed by atoms with Crippen LogP contribution in [0.25, 0.3) is 10.2 Å². The SMILES string of the molecule is Cc1nn(C)c2sc(C(=O)NC(C)C(=O)N[C@H](C(=O)O)C(C)C)cc12. The van der Waals surface area contributed by atoms with E-state index in [-0.39, 0.29) is 11.8 Å². The lowest BCUT2D eigenvalue weighted by molar-refractivity contribution is -0.143. The van der Waals surface area contributed by atoms with Gasteiger partial charge in [0, 0.05) is 12.4 Å². The highest BCUT2D eigenvalue weighted by molar-refractivity contribution is 7.20. The van der Waals surface area contributed by atoms with Crippen molar-refractivity contribution in [1.29, 1.82) is 0 Å². The summed E-state index contributed by atoms with van der Waals surface area (Å²) >= 11 is 1.29. The molecule has 0 bridgehead atoms. The van der Waals surface area contributed by atoms with Crippen LogP contribution in [0, 0.1) is 12.8 Å². The van der Waals surface area contributed by atoms with Gasteiger partial charge in [0.2, 0.25) is 5.91 Å². The molecule has 2 heterocycles. The molecule has 136 valence electrons. The Kier molecular flexibility index (Phi) is 5.46. The number of carbonyl (C=O) groups is 3. The Hall–Kier alpha value is -2.42. The van der Waals surface area contributed by atoms with Crippen LogP contribution in [0.1, 0.15) is 36.1 Å². The predicted molar refractivity (Wildman–Crippen MR) is 94.7 cm³/mol. The van der Waals surface area contributed by atoms with Gasteiger partial charge in [0.05, 0.1) is 10.6 Å². The van der Waals surface area contributed by atoms with E-state index in [4.69, 9.17) is 5.11 Å². The van der Waals surface area contributed by atoms with Crippen molar-refractivity contribution in [2.75, 3.05) is 0 Å². The molecule has 0 aliphatic rings. The number of carbonyl (C=O) groups excluding carboxylic acids is 2. The summed E-state index contributed by atoms with van der Waals surface area (Å²) in [7, 11) is 1.81. The number of aliphatic carboxylic acids is 1. The summed E-state index contributed by atoms with van der Waals surface area (Å²) in [5, 5.41) is 19.4. The molecule has 0 radical (unpaired) electrons. The molecular formula is C16H22N4O4S. The second kappa shape index (κ2) is 7.22. The third kappa shape index (κ3) is 3.98. The molecule has 3 N–H and O–H groups in total. The van der Waals surface area contributed by atoms with Gasteiger partial charge in [-0.3, -0.25) is 14.3 Å². The first-order valence-corrected chi connectivity index (χ1v) is 8.70. The van der Waals surface area contributed by atoms with Gasteiger partial charge in [-0.1, -0.05) is 13.8 Å². The maximum atomic E-state index is 12.4. The highest BCUT2D eigenvalue weighted by Gasteiger charge is 2.27. The quantitative estimate of drug-likeness (QED) is 0.713. The smallest absolute Gasteiger partial charge is 0.326 e. The number of carboxylic acid groups (broad SMARTS) is 1. The summed E-state index contributed by atoms with van der Waals surface area (Å²) in [5.41, 5.74) is 0.833. The molecule has 2 amide bonds. The molecule has 1 unspecified atom stereocenters. The normalized spacial score (nSPS) is 13.7. The topological polar surface area (TPSA) is 113 Å². The van der Waals surface area contributed by atoms with Crippen LogP contribution < -0.4 is 10.6 Å². The summed E-state index contributed by atoms with van der Waals surface area (Å²) in [6.45, 7) is 6.79. The van der Waals surface area contributed by atoms with Crippen molar-refractivity contribution in [3.63, 3.8) is 0 Å². The van der Waals surface area contributed by atoms with Gasteiger partial charge in [-0.05, 0) is 25.8 Å². The number of hydrogen-bond donors (Lipinski definition) is 3. The fourth-order valence-corrected chi connectivity index (χ4v) is 3.47. The van der Waals surface area contributed by atoms with Crippen molar-refractivity contribution in [2.24, 2.45) is 13.0 Å². The number of nitrogens with zero attached hydrogens (tertiary/aromatic N) is 2. The van der Waals surface area contributed by atoms with Gasteiger partial charge in [-0.15, -0.1) is 11.3 Å². The molecule has 8 nitrogen and oxygen atoms in total. The monoisotopic (exact) mass is 366 g/mol. The minimum absolute atomic E-state index is 0.262. The molecule has 2 aromatic rings. The summed E-state index contributed by atoms with van der Waals surface area (Å²) in [6, 6.07) is -0.0985. The van der Waals surface area contributed by atoms with E-state index >= 15 is 0 Å². The average Bonchev–Trinajstić information content (AvgIpc) is 3.06. The van der Waals surface area contributed by atoms with Crippen LogP contribution in [-0.4, -0.2) is 44.8 Å². The van der Waals surface area contributed by atoms with Crippen LogP contribution in [-0.2, 0) is 16.6 Å². The number of amides is 2. The first kappa shape index (κ1) is 18.9. The van der Waals surface area contributed by atoms with Gasteiger partial charge in [-0.2, -0.15) is 5.10 Å². The largest absolute Gasteiger partial charge is 0.480 e. The van der Waals surface area contributed by atoms with E-state index in [0.29, 0.717) is 4.88 Å². The van der Waals surface area contributed by atoms with E-state index in [2.05, 4.69) is 15.7 Å². The standard InChI is InChI=1S/C16H22N4O4S/c1-7(2)12(16(23)24)18-13(21)9(4)17-14(22)11-6-10-8(3)19-20(5)15(10)25-11/h6-7,9,12H,1-5H3,(H,17,22)(H,18,21)(H,23,24)/t9?,12-/m0/s1. The van der Waals surface area contributed by atoms with Crippen LogP contribution in [0.3, 0.4) is 0 Å². The van der Waals surface area contributed by atoms with Gasteiger partial charge < -0.3 is 15.7 Å². The molecular weight excluding hydrogens is 344 g/mol. The Morgan fingerprint density at radius 3 is 2.40 bits per heavy atom. The highest BCUT2D eigenvalue weighted by Crippen LogP contribution is 2.27. The number of aryl methyl sites for hydroxylation is 2. The Morgan fingerprint density at radius 2 is 1.88 bits per heavy atom. The van der Waals surface area contributed by atoms with Crippen molar-refractivity contribution in [3.05, 3.63) is 16.6 Å². The zero-order valence-electron chi connectivity index (χ0n) is 14.8. The Labute approximate surface area is 149 Å². The van der Waals surface area contributed by atoms with Gasteiger partial charge in [-0.25, -0.2) is 4.79 Å². The number of thiophene rings is 1. The lowest BCUT2D eigenvalue weighted by Gasteiger charge is -2.20. The van der Waals surface area contributed by atoms with Crippen LogP contribution >= 0.6 is 11.3 Å². The van der Waals surface area contributed by atoms with Crippen molar-refractivity contribution >= 4 is 39.3 Å². The molecule has 2 atom stereocenters. The zero-order valence-corrected chi connectivity index (χ0v) is 15.6. The minimum atomic E-state index is -1.10. The number of hydrogen-bond acceptors (Lipinski definition) is 5. The maximum Gasteiger partial charge on any atom is 0.326 e. The second-order valence-corrected chi connectivity index (χ2v) is 7.33. The molecule has 2 aromatic heterocycles. The van der Waals surface area contributed by atoms with Gasteiger partial charge >= 0.3 is 5.97 Å². The van der Waals surface area contributed by atoms with Crippen LogP contribution in [0.4, 0.5) is 0 Å². The number of nitrogens with one attached hydrogen (secondary N) is 2. The summed E-state index contributed by atoms with van der Waals surface area (Å²) < 4.78 is 1.71. The molecule has 0 aliphatic heterocycles. The van der Waals surface area contributed by atoms with E-state index in [0.717, 1.165) is 15.9 Å². The third-order valence-electron chi connectivity index (χ3n) is 3.89. The lowest BCUT2D eigenvalue weighted by Crippen LogP contribution is -2.51. The van der Waals surface area contributed by atoms with Crippen molar-refractivity contribution in [3.8, 4) is 0 Å². The van der Waals surface area contributed by atoms with E-state index in [1.54, 1.807) is 24.6 Å². The fraction of sp³-hybridized carbons (Fsp3) is 0.500. The number of rotatable bonds is 6. The number of carboxylic acids is 1. The summed E-state index contributed by atoms with van der Waals surface area (Å²) in [6.07, 6.45) is 0. The summed E-state index contributed by atoms with van der Waals surface area (Å²) in [5.74, 6) is -2.27. The molecule has 9 heteroatoms. The van der Waals surface area contributed by atoms with Crippen molar-refractivity contribution in [2.45, 2.75) is 39.8 Å². The minimum Gasteiger partial charge on any atom is -0.480 e. The Balaban J connectivity index is 2.06. The molecule has 2 rings (SSSR count). The first-order valence-electron chi connectivity index (χ1n) is 7.89. The molecule has 0 fully saturated rings. The third-order valence-corrected chi connectivity index (χ3v) is 5.09. The maximum absolute atomic E-state index is 12.4. The molecule has 0 saturated heterocycles. The summed E-state index contributed by atoms with van der Waals surface area (Å²) in [4.78, 5) is 37.1. The van der Waals surface area contributed by atoms with E-state index < -0.39 is 24.0 Å². The van der Waals surface area contributed by atoms with E-state index in [1.165, 1.54) is 18.3 Å². The van der Waals surface area contributed by atoms with Crippen molar-refractivity contribution in [1.82, 2.24) is 20.4 Å². The molecule has 0 aliphatic carbocycles. The Morgan fingerprint density at radius 1 is 1.24 bits per heavy atom. The first-order chi connectivity index (χ1) is 11.6. The van der Waals surface area contributed by atoms with Crippen LogP contribution in [0.2, 0.25) is 0 Å². The average molecular weight is 366 g/mol. The molecule has 25 heavy (non-hydrogen) atoms. The van der Waals surface area contributed by atoms with Crippen LogP contribution in [0.15, 0.2) is 6.07 Å². The van der Waals surface area contributed by atoms with E-state index in [9.17, 15) is 14.4 Å². The molecule has 0 saturated carbocycles. The predicted octanol–water partition coefficient (Wildman–Crippen LogP) is 1.29. The van der Waals surface area contributed by atoms with E-state index in [1.807, 2.05) is 14.0 Å². The fourth-order valence-electron chi connectivity index (χ4n) is 2.44. The van der Waals surface area contributed by atoms with Gasteiger partial charge in [0.25, 0.3) is 5.91 Å². The second-order valence-electron chi connectivity index (χ2n) is 6.30. The number of fused-ring (bicyclic) bond motifs is 1. The highest BCUT2D eigenvalue weighted by atomic mass is 32.1. The van der Waals surface area contributed by atoms with Gasteiger partial charge in [0.15, 0.2) is 0 Å². The lowest BCUT2D eigenvalue weighted by atomic mass is 10.0. The van der Waals surface area contributed by atoms with Crippen molar-refractivity contribution < 1.29 is 19.5 Å². The Bertz CT molecular complexity index is 789. The number of aromatic nitrogens is 2. The molecule has 0 aromatic carbocycles. The molecule has 0 spiro atoms.